The number of hydrogen-bond donors (Lipinski definition) is 9. The number of aliphatic hydroxyl groups excluding tert-OH is 8. The fourth-order valence-electron chi connectivity index (χ4n) is 7.98. The predicted octanol–water partition coefficient (Wildman–Crippen LogP) is 1.69. The molecule has 2 saturated heterocycles. The summed E-state index contributed by atoms with van der Waals surface area (Å²) in [6.07, 6.45) is -7.71. The summed E-state index contributed by atoms with van der Waals surface area (Å²) in [7, 11) is 0. The molecule has 17 nitrogen and oxygen atoms in total. The molecule has 9 N–H and O–H groups in total. The van der Waals surface area contributed by atoms with Crippen molar-refractivity contribution in [1.82, 2.24) is 0 Å². The molecule has 1 amide bonds. The Morgan fingerprint density at radius 2 is 1.17 bits per heavy atom. The van der Waals surface area contributed by atoms with E-state index in [2.05, 4.69) is 12.2 Å². The van der Waals surface area contributed by atoms with Crippen LogP contribution < -0.4 is 19.5 Å². The molecule has 59 heavy (non-hydrogen) atoms. The Morgan fingerprint density at radius 3 is 1.69 bits per heavy atom. The molecule has 0 unspecified atom stereocenters. The first-order valence-corrected chi connectivity index (χ1v) is 20.0. The minimum atomic E-state index is -1.70. The molecule has 2 fully saturated rings. The zero-order valence-corrected chi connectivity index (χ0v) is 32.4. The van der Waals surface area contributed by atoms with E-state index in [0.717, 1.165) is 25.7 Å². The zero-order valence-electron chi connectivity index (χ0n) is 32.4. The quantitative estimate of drug-likeness (QED) is 0.0780. The van der Waals surface area contributed by atoms with Crippen molar-refractivity contribution in [3.05, 3.63) is 76.9 Å². The van der Waals surface area contributed by atoms with Gasteiger partial charge in [0.25, 0.3) is 0 Å². The van der Waals surface area contributed by atoms with E-state index in [1.165, 1.54) is 43.5 Å². The topological polar surface area (TPSA) is 263 Å². The lowest BCUT2D eigenvalue weighted by atomic mass is 9.77. The second kappa shape index (κ2) is 18.1. The van der Waals surface area contributed by atoms with Gasteiger partial charge in [-0.2, -0.15) is 0 Å². The molecule has 0 bridgehead atoms. The lowest BCUT2D eigenvalue weighted by Gasteiger charge is -2.40. The minimum Gasteiger partial charge on any atom is -0.462 e. The maximum Gasteiger partial charge on any atom is 0.340 e. The number of unbranched alkanes of at least 4 members (excludes halogenated alkanes) is 6. The highest BCUT2D eigenvalue weighted by atomic mass is 16.7. The SMILES string of the molecule is CCCCCCCCCC(=O)Nc1ccc2c(c1)C(=O)OC21c2ccc(O[C@@H]3O[C@H](CO)[C@H](O)[C@H](O)[C@H]3O)cc2Oc2cc(O[C@@H]3O[C@H](CO)[C@H](O)[C@H](O)[C@H]3O)ccc21. The summed E-state index contributed by atoms with van der Waals surface area (Å²) >= 11 is 0. The number of rotatable bonds is 15. The van der Waals surface area contributed by atoms with E-state index >= 15 is 0 Å². The average molecular weight is 826 g/mol. The summed E-state index contributed by atoms with van der Waals surface area (Å²) in [5.74, 6) is -0.534. The van der Waals surface area contributed by atoms with Gasteiger partial charge in [0.05, 0.1) is 18.8 Å². The fraction of sp³-hybridized carbons (Fsp3) is 0.524. The van der Waals surface area contributed by atoms with Crippen molar-refractivity contribution in [1.29, 1.82) is 0 Å². The number of fused-ring (bicyclic) bond motifs is 6. The van der Waals surface area contributed by atoms with Crippen molar-refractivity contribution in [3.8, 4) is 23.0 Å². The van der Waals surface area contributed by atoms with Crippen LogP contribution in [0.5, 0.6) is 23.0 Å². The van der Waals surface area contributed by atoms with E-state index in [4.69, 9.17) is 28.4 Å². The summed E-state index contributed by atoms with van der Waals surface area (Å²) in [4.78, 5) is 26.7. The van der Waals surface area contributed by atoms with E-state index in [1.807, 2.05) is 0 Å². The highest BCUT2D eigenvalue weighted by Gasteiger charge is 2.54. The molecular formula is C42H51NO16. The van der Waals surface area contributed by atoms with Crippen LogP contribution in [0.2, 0.25) is 0 Å². The van der Waals surface area contributed by atoms with Crippen LogP contribution in [0, 0.1) is 0 Å². The van der Waals surface area contributed by atoms with Crippen LogP contribution in [0.4, 0.5) is 5.69 Å². The van der Waals surface area contributed by atoms with E-state index < -0.39 is 86.2 Å². The molecule has 0 saturated carbocycles. The van der Waals surface area contributed by atoms with E-state index in [-0.39, 0.29) is 34.5 Å². The Labute approximate surface area is 339 Å². The van der Waals surface area contributed by atoms with Gasteiger partial charge < -0.3 is 74.6 Å². The van der Waals surface area contributed by atoms with Crippen molar-refractivity contribution in [2.75, 3.05) is 18.5 Å². The van der Waals surface area contributed by atoms with Gasteiger partial charge in [-0.05, 0) is 42.8 Å². The summed E-state index contributed by atoms with van der Waals surface area (Å²) < 4.78 is 35.5. The molecule has 0 radical (unpaired) electrons. The van der Waals surface area contributed by atoms with Gasteiger partial charge in [0.15, 0.2) is 5.60 Å². The number of aliphatic hydroxyl groups is 8. The van der Waals surface area contributed by atoms with Gasteiger partial charge >= 0.3 is 5.97 Å². The monoisotopic (exact) mass is 825 g/mol. The first kappa shape index (κ1) is 42.7. The highest BCUT2D eigenvalue weighted by molar-refractivity contribution is 5.99. The van der Waals surface area contributed by atoms with Crippen LogP contribution >= 0.6 is 0 Å². The van der Waals surface area contributed by atoms with E-state index in [1.54, 1.807) is 30.3 Å². The maximum absolute atomic E-state index is 13.8. The van der Waals surface area contributed by atoms with E-state index in [9.17, 15) is 50.4 Å². The normalized spacial score (nSPS) is 29.1. The Bertz CT molecular complexity index is 1880. The Kier molecular flexibility index (Phi) is 13.1. The van der Waals surface area contributed by atoms with Crippen LogP contribution in [0.15, 0.2) is 54.6 Å². The summed E-state index contributed by atoms with van der Waals surface area (Å²) in [5.41, 5.74) is 0.0984. The highest BCUT2D eigenvalue weighted by Crippen LogP contribution is 2.57. The van der Waals surface area contributed by atoms with Gasteiger partial charge in [0.2, 0.25) is 18.5 Å². The molecule has 4 heterocycles. The van der Waals surface area contributed by atoms with Crippen molar-refractivity contribution in [3.63, 3.8) is 0 Å². The average Bonchev–Trinajstić information content (AvgIpc) is 3.51. The first-order chi connectivity index (χ1) is 28.4. The summed E-state index contributed by atoms with van der Waals surface area (Å²) in [6, 6.07) is 13.9. The van der Waals surface area contributed by atoms with Crippen LogP contribution in [0.25, 0.3) is 0 Å². The number of nitrogens with one attached hydrogen (secondary N) is 1. The number of carbonyl (C=O) groups is 2. The van der Waals surface area contributed by atoms with Crippen molar-refractivity contribution < 1.29 is 78.9 Å². The third-order valence-corrected chi connectivity index (χ3v) is 11.2. The number of hydrogen-bond acceptors (Lipinski definition) is 16. The number of benzene rings is 3. The number of amides is 1. The van der Waals surface area contributed by atoms with Gasteiger partial charge in [0, 0.05) is 40.9 Å². The lowest BCUT2D eigenvalue weighted by molar-refractivity contribution is -0.277. The molecule has 1 spiro atoms. The molecular weight excluding hydrogens is 774 g/mol. The Balaban J connectivity index is 1.20. The van der Waals surface area contributed by atoms with Gasteiger partial charge in [0.1, 0.15) is 71.8 Å². The Morgan fingerprint density at radius 1 is 0.661 bits per heavy atom. The Hall–Kier alpha value is -4.40. The lowest BCUT2D eigenvalue weighted by Crippen LogP contribution is -2.60. The molecule has 0 aliphatic carbocycles. The standard InChI is InChI=1S/C42H51NO16/c1-2-3-4-5-6-7-8-9-32(46)43-21-10-13-25-24(16-21)39(53)59-42(25)26-14-11-22(54-40-37(51)35(49)33(47)30(19-44)57-40)17-28(26)56-29-18-23(12-15-27(29)42)55-41-38(52)36(50)34(48)31(20-45)58-41/h10-18,30-31,33-38,40-41,44-45,47-52H,2-9,19-20H2,1H3,(H,43,46)/t30-,31-,33+,34+,35+,36+,37-,38-,40-,41-/m1/s1. The molecule has 0 aromatic heterocycles. The minimum absolute atomic E-state index is 0.0592. The largest absolute Gasteiger partial charge is 0.462 e. The molecule has 17 heteroatoms. The first-order valence-electron chi connectivity index (χ1n) is 20.0. The summed E-state index contributed by atoms with van der Waals surface area (Å²) in [5, 5.41) is 84.6. The molecule has 4 aliphatic heterocycles. The van der Waals surface area contributed by atoms with E-state index in [0.29, 0.717) is 28.8 Å². The zero-order chi connectivity index (χ0) is 42.0. The predicted molar refractivity (Wildman–Crippen MR) is 205 cm³/mol. The van der Waals surface area contributed by atoms with Gasteiger partial charge in [-0.3, -0.25) is 4.79 Å². The number of ether oxygens (including phenoxy) is 6. The molecule has 7 rings (SSSR count). The number of anilines is 1. The third kappa shape index (κ3) is 8.37. The maximum atomic E-state index is 13.8. The number of esters is 1. The fourth-order valence-corrected chi connectivity index (χ4v) is 7.98. The number of carbonyl (C=O) groups excluding carboxylic acids is 2. The van der Waals surface area contributed by atoms with Crippen LogP contribution in [-0.2, 0) is 24.6 Å². The van der Waals surface area contributed by atoms with Crippen molar-refractivity contribution in [2.24, 2.45) is 0 Å². The van der Waals surface area contributed by atoms with Gasteiger partial charge in [-0.1, -0.05) is 51.5 Å². The molecule has 10 atom stereocenters. The van der Waals surface area contributed by atoms with Crippen molar-refractivity contribution in [2.45, 2.75) is 125 Å². The third-order valence-electron chi connectivity index (χ3n) is 11.2. The molecule has 320 valence electrons. The molecule has 4 aliphatic rings. The van der Waals surface area contributed by atoms with Gasteiger partial charge in [-0.15, -0.1) is 0 Å². The van der Waals surface area contributed by atoms with Crippen LogP contribution in [0.1, 0.15) is 85.3 Å². The summed E-state index contributed by atoms with van der Waals surface area (Å²) in [6.45, 7) is 0.832. The second-order valence-electron chi connectivity index (χ2n) is 15.3. The second-order valence-corrected chi connectivity index (χ2v) is 15.3. The smallest absolute Gasteiger partial charge is 0.340 e. The van der Waals surface area contributed by atoms with Crippen molar-refractivity contribution >= 4 is 17.6 Å². The van der Waals surface area contributed by atoms with Gasteiger partial charge in [-0.25, -0.2) is 4.79 Å². The molecule has 3 aromatic rings. The molecule has 3 aromatic carbocycles. The van der Waals surface area contributed by atoms with Crippen LogP contribution in [0.3, 0.4) is 0 Å². The van der Waals surface area contributed by atoms with Crippen LogP contribution in [-0.4, -0.2) is 127 Å².